The average Bonchev–Trinajstić information content (AvgIpc) is 3.24. The highest BCUT2D eigenvalue weighted by Crippen LogP contribution is 2.33. The Morgan fingerprint density at radius 1 is 1.09 bits per heavy atom. The quantitative estimate of drug-likeness (QED) is 0.750. The van der Waals surface area contributed by atoms with Gasteiger partial charge in [0.25, 0.3) is 0 Å². The highest BCUT2D eigenvalue weighted by molar-refractivity contribution is 5.81. The zero-order valence-corrected chi connectivity index (χ0v) is 18.9. The van der Waals surface area contributed by atoms with Crippen LogP contribution in [0.15, 0.2) is 42.5 Å². The predicted octanol–water partition coefficient (Wildman–Crippen LogP) is 3.56. The number of nitrogens with zero attached hydrogens (tertiary/aromatic N) is 1. The standard InChI is InChI=1S/C25H31N3O4/c1-16(2)27-25(30)28-13-20(19-6-4-5-17(3)9-19)11-21(14-28)24(29)26-12-18-7-8-22-23(10-18)32-15-31-22/h4-10,16,20-21H,11-15H2,1-3H3,(H,26,29)(H,27,30). The number of rotatable bonds is 5. The van der Waals surface area contributed by atoms with Crippen LogP contribution in [0.2, 0.25) is 0 Å². The number of urea groups is 1. The number of aryl methyl sites for hydroxylation is 1. The molecule has 0 saturated carbocycles. The van der Waals surface area contributed by atoms with Gasteiger partial charge < -0.3 is 25.0 Å². The van der Waals surface area contributed by atoms with E-state index in [1.54, 1.807) is 4.90 Å². The maximum absolute atomic E-state index is 13.1. The van der Waals surface area contributed by atoms with Gasteiger partial charge in [-0.1, -0.05) is 35.9 Å². The zero-order valence-electron chi connectivity index (χ0n) is 18.9. The van der Waals surface area contributed by atoms with Crippen LogP contribution in [-0.2, 0) is 11.3 Å². The van der Waals surface area contributed by atoms with Gasteiger partial charge in [-0.05, 0) is 50.5 Å². The Bertz CT molecular complexity index is 991. The number of benzene rings is 2. The van der Waals surface area contributed by atoms with Crippen molar-refractivity contribution < 1.29 is 19.1 Å². The van der Waals surface area contributed by atoms with Crippen LogP contribution in [0.25, 0.3) is 0 Å². The van der Waals surface area contributed by atoms with Crippen LogP contribution in [0, 0.1) is 12.8 Å². The van der Waals surface area contributed by atoms with Gasteiger partial charge >= 0.3 is 6.03 Å². The number of hydrogen-bond acceptors (Lipinski definition) is 4. The molecule has 2 aliphatic heterocycles. The fourth-order valence-electron chi connectivity index (χ4n) is 4.34. The molecule has 0 aliphatic carbocycles. The minimum atomic E-state index is -0.277. The molecule has 7 nitrogen and oxygen atoms in total. The van der Waals surface area contributed by atoms with Crippen molar-refractivity contribution in [2.24, 2.45) is 5.92 Å². The smallest absolute Gasteiger partial charge is 0.317 e. The van der Waals surface area contributed by atoms with Gasteiger partial charge in [-0.2, -0.15) is 0 Å². The number of ether oxygens (including phenoxy) is 2. The molecule has 2 unspecified atom stereocenters. The lowest BCUT2D eigenvalue weighted by molar-refractivity contribution is -0.126. The van der Waals surface area contributed by atoms with Crippen LogP contribution in [0.5, 0.6) is 11.5 Å². The first-order chi connectivity index (χ1) is 15.4. The minimum Gasteiger partial charge on any atom is -0.454 e. The summed E-state index contributed by atoms with van der Waals surface area (Å²) in [5.74, 6) is 1.22. The van der Waals surface area contributed by atoms with Crippen LogP contribution < -0.4 is 20.1 Å². The van der Waals surface area contributed by atoms with Crippen molar-refractivity contribution in [2.45, 2.75) is 45.7 Å². The summed E-state index contributed by atoms with van der Waals surface area (Å²) in [6.45, 7) is 7.58. The lowest BCUT2D eigenvalue weighted by Gasteiger charge is -2.38. The van der Waals surface area contributed by atoms with E-state index in [0.717, 1.165) is 11.3 Å². The Hall–Kier alpha value is -3.22. The molecule has 2 aromatic carbocycles. The molecule has 7 heteroatoms. The molecule has 3 amide bonds. The van der Waals surface area contributed by atoms with Crippen molar-refractivity contribution in [2.75, 3.05) is 19.9 Å². The highest BCUT2D eigenvalue weighted by Gasteiger charge is 2.34. The number of carbonyl (C=O) groups is 2. The highest BCUT2D eigenvalue weighted by atomic mass is 16.7. The molecule has 2 atom stereocenters. The summed E-state index contributed by atoms with van der Waals surface area (Å²) in [6.07, 6.45) is 0.710. The number of fused-ring (bicyclic) bond motifs is 1. The Morgan fingerprint density at radius 2 is 1.91 bits per heavy atom. The second-order valence-corrected chi connectivity index (χ2v) is 8.96. The first-order valence-corrected chi connectivity index (χ1v) is 11.2. The molecule has 2 aliphatic rings. The molecule has 2 heterocycles. The van der Waals surface area contributed by atoms with Crippen molar-refractivity contribution in [3.8, 4) is 11.5 Å². The Labute approximate surface area is 189 Å². The van der Waals surface area contributed by atoms with E-state index in [9.17, 15) is 9.59 Å². The normalized spacial score (nSPS) is 19.7. The van der Waals surface area contributed by atoms with Crippen molar-refractivity contribution >= 4 is 11.9 Å². The number of nitrogens with one attached hydrogen (secondary N) is 2. The number of amides is 3. The summed E-state index contributed by atoms with van der Waals surface area (Å²) in [5.41, 5.74) is 3.29. The second-order valence-electron chi connectivity index (χ2n) is 8.96. The third-order valence-corrected chi connectivity index (χ3v) is 5.94. The summed E-state index contributed by atoms with van der Waals surface area (Å²) in [5, 5.41) is 6.02. The molecule has 0 aromatic heterocycles. The van der Waals surface area contributed by atoms with Gasteiger partial charge in [-0.3, -0.25) is 4.79 Å². The van der Waals surface area contributed by atoms with Crippen molar-refractivity contribution in [3.05, 3.63) is 59.2 Å². The molecule has 2 aromatic rings. The molecule has 4 rings (SSSR count). The molecule has 0 bridgehead atoms. The summed E-state index contributed by atoms with van der Waals surface area (Å²) >= 11 is 0. The van der Waals surface area contributed by atoms with Crippen molar-refractivity contribution in [3.63, 3.8) is 0 Å². The zero-order chi connectivity index (χ0) is 22.7. The largest absolute Gasteiger partial charge is 0.454 e. The van der Waals surface area contributed by atoms with Crippen LogP contribution in [0.4, 0.5) is 4.79 Å². The topological polar surface area (TPSA) is 79.9 Å². The Balaban J connectivity index is 1.46. The van der Waals surface area contributed by atoms with Crippen molar-refractivity contribution in [1.29, 1.82) is 0 Å². The molecule has 0 radical (unpaired) electrons. The van der Waals surface area contributed by atoms with Crippen LogP contribution in [0.3, 0.4) is 0 Å². The van der Waals surface area contributed by atoms with Gasteiger partial charge in [0.1, 0.15) is 0 Å². The monoisotopic (exact) mass is 437 g/mol. The summed E-state index contributed by atoms with van der Waals surface area (Å²) in [4.78, 5) is 27.7. The van der Waals surface area contributed by atoms with Gasteiger partial charge in [0.15, 0.2) is 11.5 Å². The van der Waals surface area contributed by atoms with Crippen LogP contribution in [-0.4, -0.2) is 42.8 Å². The van der Waals surface area contributed by atoms with E-state index in [4.69, 9.17) is 9.47 Å². The fourth-order valence-corrected chi connectivity index (χ4v) is 4.34. The van der Waals surface area contributed by atoms with E-state index in [-0.39, 0.29) is 36.6 Å². The van der Waals surface area contributed by atoms with Gasteiger partial charge in [0.05, 0.1) is 5.92 Å². The lowest BCUT2D eigenvalue weighted by Crippen LogP contribution is -2.52. The fraction of sp³-hybridized carbons (Fsp3) is 0.440. The van der Waals surface area contributed by atoms with Gasteiger partial charge in [-0.15, -0.1) is 0 Å². The Kier molecular flexibility index (Phi) is 6.53. The summed E-state index contributed by atoms with van der Waals surface area (Å²) < 4.78 is 10.8. The predicted molar refractivity (Wildman–Crippen MR) is 122 cm³/mol. The van der Waals surface area contributed by atoms with Gasteiger partial charge in [-0.25, -0.2) is 4.79 Å². The number of carbonyl (C=O) groups excluding carboxylic acids is 2. The van der Waals surface area contributed by atoms with E-state index in [0.29, 0.717) is 31.8 Å². The van der Waals surface area contributed by atoms with E-state index in [2.05, 4.69) is 35.8 Å². The summed E-state index contributed by atoms with van der Waals surface area (Å²) in [6, 6.07) is 13.9. The van der Waals surface area contributed by atoms with Crippen molar-refractivity contribution in [1.82, 2.24) is 15.5 Å². The molecular weight excluding hydrogens is 406 g/mol. The number of hydrogen-bond donors (Lipinski definition) is 2. The third-order valence-electron chi connectivity index (χ3n) is 5.94. The second kappa shape index (κ2) is 9.51. The molecular formula is C25H31N3O4. The molecule has 0 spiro atoms. The molecule has 32 heavy (non-hydrogen) atoms. The van der Waals surface area contributed by atoms with Gasteiger partial charge in [0, 0.05) is 31.6 Å². The first kappa shape index (κ1) is 22.0. The van der Waals surface area contributed by atoms with Gasteiger partial charge in [0.2, 0.25) is 12.7 Å². The van der Waals surface area contributed by atoms with E-state index >= 15 is 0 Å². The van der Waals surface area contributed by atoms with E-state index < -0.39 is 0 Å². The maximum atomic E-state index is 13.1. The maximum Gasteiger partial charge on any atom is 0.317 e. The van der Waals surface area contributed by atoms with E-state index in [1.165, 1.54) is 11.1 Å². The number of piperidine rings is 1. The third kappa shape index (κ3) is 5.15. The number of likely N-dealkylation sites (tertiary alicyclic amines) is 1. The average molecular weight is 438 g/mol. The SMILES string of the molecule is Cc1cccc(C2CC(C(=O)NCc3ccc4c(c3)OCO4)CN(C(=O)NC(C)C)C2)c1. The molecule has 1 fully saturated rings. The lowest BCUT2D eigenvalue weighted by atomic mass is 9.83. The molecule has 1 saturated heterocycles. The Morgan fingerprint density at radius 3 is 2.69 bits per heavy atom. The van der Waals surface area contributed by atoms with Crippen LogP contribution >= 0.6 is 0 Å². The molecule has 170 valence electrons. The summed E-state index contributed by atoms with van der Waals surface area (Å²) in [7, 11) is 0. The minimum absolute atomic E-state index is 0.0395. The molecule has 2 N–H and O–H groups in total. The first-order valence-electron chi connectivity index (χ1n) is 11.2. The van der Waals surface area contributed by atoms with Crippen LogP contribution in [0.1, 0.15) is 42.9 Å². The van der Waals surface area contributed by atoms with E-state index in [1.807, 2.05) is 38.1 Å².